The third-order valence-electron chi connectivity index (χ3n) is 10.8. The number of hydrogen-bond acceptors (Lipinski definition) is 5. The molecule has 4 nitrogen and oxygen atoms in total. The first-order valence-electron chi connectivity index (χ1n) is 19.1. The van der Waals surface area contributed by atoms with Crippen LogP contribution in [0, 0.1) is 0 Å². The lowest BCUT2D eigenvalue weighted by molar-refractivity contribution is 1.07. The summed E-state index contributed by atoms with van der Waals surface area (Å²) in [6.07, 6.45) is 0. The van der Waals surface area contributed by atoms with E-state index in [1.54, 1.807) is 0 Å². The first-order chi connectivity index (χ1) is 28.2. The summed E-state index contributed by atoms with van der Waals surface area (Å²) in [6, 6.07) is 67.9. The van der Waals surface area contributed by atoms with E-state index < -0.39 is 0 Å². The van der Waals surface area contributed by atoms with Gasteiger partial charge in [-0.2, -0.15) is 0 Å². The zero-order valence-electron chi connectivity index (χ0n) is 30.7. The summed E-state index contributed by atoms with van der Waals surface area (Å²) in [7, 11) is 0. The molecule has 266 valence electrons. The van der Waals surface area contributed by atoms with Crippen molar-refractivity contribution in [1.82, 2.24) is 19.9 Å². The molecule has 0 N–H and O–H groups in total. The molecule has 0 bridgehead atoms. The molecule has 0 unspecified atom stereocenters. The van der Waals surface area contributed by atoms with E-state index in [9.17, 15) is 0 Å². The second-order valence-electron chi connectivity index (χ2n) is 14.2. The van der Waals surface area contributed by atoms with Gasteiger partial charge >= 0.3 is 0 Å². The monoisotopic (exact) mass is 744 g/mol. The lowest BCUT2D eigenvalue weighted by atomic mass is 9.94. The first-order valence-corrected chi connectivity index (χ1v) is 19.9. The summed E-state index contributed by atoms with van der Waals surface area (Å²) in [4.78, 5) is 20.5. The number of fused-ring (bicyclic) bond motifs is 6. The Morgan fingerprint density at radius 2 is 0.807 bits per heavy atom. The summed E-state index contributed by atoms with van der Waals surface area (Å²) in [5.41, 5.74) is 10.5. The summed E-state index contributed by atoms with van der Waals surface area (Å²) < 4.78 is 2.50. The SMILES string of the molecule is c1ccc(-c2ccc(-c3nc(-c4ccccc4)nc(-c4ccc(-c5cccc6nc(-c7cccc8ccccc78)c7c8ccccc8sc7c56)cc4)n3)cc2)cc1. The minimum atomic E-state index is 0.628. The molecule has 3 heterocycles. The van der Waals surface area contributed by atoms with Crippen LogP contribution in [0.3, 0.4) is 0 Å². The van der Waals surface area contributed by atoms with Crippen LogP contribution in [0.4, 0.5) is 0 Å². The molecule has 0 fully saturated rings. The average Bonchev–Trinajstić information content (AvgIpc) is 3.69. The molecule has 0 aliphatic carbocycles. The predicted octanol–water partition coefficient (Wildman–Crippen LogP) is 13.9. The van der Waals surface area contributed by atoms with E-state index in [4.69, 9.17) is 19.9 Å². The maximum Gasteiger partial charge on any atom is 0.164 e. The van der Waals surface area contributed by atoms with E-state index in [1.807, 2.05) is 47.7 Å². The third-order valence-corrected chi connectivity index (χ3v) is 11.9. The zero-order valence-corrected chi connectivity index (χ0v) is 31.5. The van der Waals surface area contributed by atoms with Gasteiger partial charge in [-0.05, 0) is 45.2 Å². The average molecular weight is 745 g/mol. The molecule has 0 aliphatic heterocycles. The van der Waals surface area contributed by atoms with Crippen molar-refractivity contribution in [1.29, 1.82) is 0 Å². The van der Waals surface area contributed by atoms with Gasteiger partial charge in [-0.25, -0.2) is 19.9 Å². The van der Waals surface area contributed by atoms with Crippen LogP contribution < -0.4 is 0 Å². The van der Waals surface area contributed by atoms with E-state index in [1.165, 1.54) is 36.5 Å². The van der Waals surface area contributed by atoms with Gasteiger partial charge in [-0.15, -0.1) is 11.3 Å². The second-order valence-corrected chi connectivity index (χ2v) is 15.2. The van der Waals surface area contributed by atoms with Gasteiger partial charge in [0.2, 0.25) is 0 Å². The number of thiophene rings is 1. The molecule has 0 saturated carbocycles. The van der Waals surface area contributed by atoms with Gasteiger partial charge in [0.1, 0.15) is 0 Å². The number of aromatic nitrogens is 4. The minimum absolute atomic E-state index is 0.628. The molecule has 11 rings (SSSR count). The fourth-order valence-corrected chi connectivity index (χ4v) is 9.24. The van der Waals surface area contributed by atoms with Crippen LogP contribution in [0.25, 0.3) is 110 Å². The van der Waals surface area contributed by atoms with Gasteiger partial charge in [0.25, 0.3) is 0 Å². The number of nitrogens with zero attached hydrogens (tertiary/aromatic N) is 4. The normalized spacial score (nSPS) is 11.5. The van der Waals surface area contributed by atoms with Crippen molar-refractivity contribution in [3.05, 3.63) is 194 Å². The number of benzene rings is 8. The Labute approximate surface area is 333 Å². The second kappa shape index (κ2) is 13.7. The topological polar surface area (TPSA) is 51.6 Å². The van der Waals surface area contributed by atoms with Gasteiger partial charge in [0.05, 0.1) is 11.2 Å². The van der Waals surface area contributed by atoms with Gasteiger partial charge in [-0.1, -0.05) is 182 Å². The largest absolute Gasteiger partial charge is 0.247 e. The third kappa shape index (κ3) is 5.84. The van der Waals surface area contributed by atoms with Gasteiger partial charge in [-0.3, -0.25) is 0 Å². The van der Waals surface area contributed by atoms with Crippen LogP contribution in [0.1, 0.15) is 0 Å². The van der Waals surface area contributed by atoms with Crippen molar-refractivity contribution >= 4 is 53.2 Å². The molecular formula is C52H32N4S. The van der Waals surface area contributed by atoms with Gasteiger partial charge in [0, 0.05) is 47.8 Å². The van der Waals surface area contributed by atoms with Crippen LogP contribution in [0.5, 0.6) is 0 Å². The molecule has 5 heteroatoms. The summed E-state index contributed by atoms with van der Waals surface area (Å²) in [6.45, 7) is 0. The van der Waals surface area contributed by atoms with E-state index in [0.717, 1.165) is 55.5 Å². The molecule has 57 heavy (non-hydrogen) atoms. The molecule has 0 atom stereocenters. The predicted molar refractivity (Wildman–Crippen MR) is 238 cm³/mol. The van der Waals surface area contributed by atoms with Crippen LogP contribution in [-0.4, -0.2) is 19.9 Å². The Bertz CT molecular complexity index is 3260. The maximum atomic E-state index is 5.48. The molecule has 0 radical (unpaired) electrons. The minimum Gasteiger partial charge on any atom is -0.247 e. The molecule has 8 aromatic carbocycles. The van der Waals surface area contributed by atoms with Crippen molar-refractivity contribution in [3.8, 4) is 67.7 Å². The van der Waals surface area contributed by atoms with E-state index in [0.29, 0.717) is 17.5 Å². The molecular weight excluding hydrogens is 713 g/mol. The fourth-order valence-electron chi connectivity index (χ4n) is 7.96. The molecule has 0 amide bonds. The summed E-state index contributed by atoms with van der Waals surface area (Å²) >= 11 is 1.85. The van der Waals surface area contributed by atoms with Crippen molar-refractivity contribution in [2.24, 2.45) is 0 Å². The zero-order chi connectivity index (χ0) is 37.7. The Morgan fingerprint density at radius 1 is 0.316 bits per heavy atom. The van der Waals surface area contributed by atoms with E-state index in [-0.39, 0.29) is 0 Å². The van der Waals surface area contributed by atoms with Crippen molar-refractivity contribution in [2.75, 3.05) is 0 Å². The van der Waals surface area contributed by atoms with Crippen LogP contribution in [-0.2, 0) is 0 Å². The number of rotatable bonds is 6. The van der Waals surface area contributed by atoms with E-state index >= 15 is 0 Å². The number of hydrogen-bond donors (Lipinski definition) is 0. The molecule has 0 saturated heterocycles. The Hall–Kier alpha value is -7.34. The molecule has 11 aromatic rings. The Kier molecular flexibility index (Phi) is 7.97. The maximum absolute atomic E-state index is 5.48. The van der Waals surface area contributed by atoms with Crippen LogP contribution >= 0.6 is 11.3 Å². The lowest BCUT2D eigenvalue weighted by Crippen LogP contribution is -2.00. The van der Waals surface area contributed by atoms with E-state index in [2.05, 4.69) is 158 Å². The smallest absolute Gasteiger partial charge is 0.164 e. The lowest BCUT2D eigenvalue weighted by Gasteiger charge is -2.13. The van der Waals surface area contributed by atoms with Crippen LogP contribution in [0.2, 0.25) is 0 Å². The molecule has 0 aliphatic rings. The quantitative estimate of drug-likeness (QED) is 0.170. The highest BCUT2D eigenvalue weighted by Gasteiger charge is 2.20. The highest BCUT2D eigenvalue weighted by Crippen LogP contribution is 2.46. The summed E-state index contributed by atoms with van der Waals surface area (Å²) in [5, 5.41) is 6.01. The van der Waals surface area contributed by atoms with Gasteiger partial charge in [0.15, 0.2) is 17.5 Å². The fraction of sp³-hybridized carbons (Fsp3) is 0. The highest BCUT2D eigenvalue weighted by molar-refractivity contribution is 7.26. The van der Waals surface area contributed by atoms with Gasteiger partial charge < -0.3 is 0 Å². The highest BCUT2D eigenvalue weighted by atomic mass is 32.1. The Balaban J connectivity index is 1.04. The van der Waals surface area contributed by atoms with Crippen LogP contribution in [0.15, 0.2) is 194 Å². The standard InChI is InChI=1S/C52H32N4S/c1-3-13-33(14-4-1)34-25-29-38(30-26-34)51-54-50(37-16-5-2-6-17-37)55-52(56-51)39-31-27-36(28-32-39)41-21-12-23-44-46(41)49-47(43-20-9-10-24-45(43)57-49)48(53-44)42-22-11-18-35-15-7-8-19-40(35)42/h1-32H. The molecule has 3 aromatic heterocycles. The van der Waals surface area contributed by atoms with Crippen molar-refractivity contribution in [3.63, 3.8) is 0 Å². The molecule has 0 spiro atoms. The Morgan fingerprint density at radius 3 is 1.51 bits per heavy atom. The summed E-state index contributed by atoms with van der Waals surface area (Å²) in [5.74, 6) is 1.90. The number of pyridine rings is 1. The van der Waals surface area contributed by atoms with Crippen molar-refractivity contribution < 1.29 is 0 Å². The van der Waals surface area contributed by atoms with Crippen molar-refractivity contribution in [2.45, 2.75) is 0 Å². The first kappa shape index (κ1) is 33.0.